The van der Waals surface area contributed by atoms with Crippen molar-refractivity contribution in [3.63, 3.8) is 0 Å². The summed E-state index contributed by atoms with van der Waals surface area (Å²) in [6.07, 6.45) is 17.2. The lowest BCUT2D eigenvalue weighted by Gasteiger charge is -2.53. The van der Waals surface area contributed by atoms with Gasteiger partial charge in [0.05, 0.1) is 0 Å². The molecule has 3 fully saturated rings. The largest absolute Gasteiger partial charge is 0.0999 e. The van der Waals surface area contributed by atoms with E-state index < -0.39 is 0 Å². The van der Waals surface area contributed by atoms with E-state index in [2.05, 4.69) is 46.1 Å². The smallest absolute Gasteiger partial charge is 0.0104 e. The molecule has 0 aliphatic heterocycles. The van der Waals surface area contributed by atoms with Crippen LogP contribution in [0, 0.1) is 40.4 Å². The fraction of sp³-hybridized carbons (Fsp3) is 0.704. The predicted octanol–water partition coefficient (Wildman–Crippen LogP) is 7.64. The zero-order valence-electron chi connectivity index (χ0n) is 17.8. The molecular weight excluding hydrogens is 324 g/mol. The van der Waals surface area contributed by atoms with Gasteiger partial charge in [0, 0.05) is 5.41 Å². The maximum absolute atomic E-state index is 4.42. The van der Waals surface area contributed by atoms with E-state index in [1.165, 1.54) is 68.9 Å². The monoisotopic (exact) mass is 362 g/mol. The molecule has 7 unspecified atom stereocenters. The van der Waals surface area contributed by atoms with E-state index in [1.54, 1.807) is 5.57 Å². The van der Waals surface area contributed by atoms with E-state index in [9.17, 15) is 0 Å². The molecule has 0 spiro atoms. The molecule has 146 valence electrons. The van der Waals surface area contributed by atoms with Crippen molar-refractivity contribution in [2.24, 2.45) is 40.4 Å². The van der Waals surface area contributed by atoms with E-state index in [4.69, 9.17) is 0 Å². The lowest BCUT2D eigenvalue weighted by atomic mass is 9.51. The van der Waals surface area contributed by atoms with Gasteiger partial charge in [-0.25, -0.2) is 0 Å². The fourth-order valence-corrected chi connectivity index (χ4v) is 8.00. The molecule has 0 aromatic carbocycles. The summed E-state index contributed by atoms with van der Waals surface area (Å²) >= 11 is 0. The van der Waals surface area contributed by atoms with Crippen LogP contribution in [-0.2, 0) is 0 Å². The molecule has 0 radical (unpaired) electrons. The van der Waals surface area contributed by atoms with Gasteiger partial charge in [-0.1, -0.05) is 74.8 Å². The summed E-state index contributed by atoms with van der Waals surface area (Å²) in [7, 11) is 0. The maximum Gasteiger partial charge on any atom is 0.0104 e. The summed E-state index contributed by atoms with van der Waals surface area (Å²) < 4.78 is 0. The highest BCUT2D eigenvalue weighted by atomic mass is 14.7. The van der Waals surface area contributed by atoms with Crippen molar-refractivity contribution in [1.29, 1.82) is 0 Å². The number of hydrogen-bond donors (Lipinski definition) is 0. The van der Waals surface area contributed by atoms with Gasteiger partial charge in [0.2, 0.25) is 0 Å². The summed E-state index contributed by atoms with van der Waals surface area (Å²) in [6, 6.07) is 0. The van der Waals surface area contributed by atoms with Crippen molar-refractivity contribution >= 4 is 0 Å². The van der Waals surface area contributed by atoms with Crippen LogP contribution in [0.2, 0.25) is 0 Å². The third kappa shape index (κ3) is 2.47. The normalized spacial score (nSPS) is 47.2. The van der Waals surface area contributed by atoms with Crippen molar-refractivity contribution < 1.29 is 0 Å². The molecule has 0 saturated heterocycles. The molecule has 0 nitrogen and oxygen atoms in total. The maximum atomic E-state index is 4.42. The second-order valence-corrected chi connectivity index (χ2v) is 11.1. The molecule has 7 atom stereocenters. The zero-order valence-corrected chi connectivity index (χ0v) is 17.8. The SMILES string of the molecule is C=C1C=C2C3CC3C3C(=CCC4(C)C(CC(=C)CCC)CCC34)C2(C)CC1. The quantitative estimate of drug-likeness (QED) is 0.451. The topological polar surface area (TPSA) is 0 Å². The first-order chi connectivity index (χ1) is 12.9. The molecule has 0 heteroatoms. The first kappa shape index (κ1) is 18.0. The summed E-state index contributed by atoms with van der Waals surface area (Å²) in [5.41, 5.74) is 7.39. The first-order valence-corrected chi connectivity index (χ1v) is 11.7. The molecule has 0 N–H and O–H groups in total. The Morgan fingerprint density at radius 1 is 1.22 bits per heavy atom. The zero-order chi connectivity index (χ0) is 19.0. The van der Waals surface area contributed by atoms with Gasteiger partial charge in [0.25, 0.3) is 0 Å². The van der Waals surface area contributed by atoms with Crippen LogP contribution in [0.15, 0.2) is 47.6 Å². The highest BCUT2D eigenvalue weighted by Crippen LogP contribution is 2.73. The Hall–Kier alpha value is -1.04. The summed E-state index contributed by atoms with van der Waals surface area (Å²) in [4.78, 5) is 0. The fourth-order valence-electron chi connectivity index (χ4n) is 8.00. The van der Waals surface area contributed by atoms with Crippen LogP contribution >= 0.6 is 0 Å². The number of hydrogen-bond acceptors (Lipinski definition) is 0. The number of allylic oxidation sites excluding steroid dienone is 6. The molecule has 5 aliphatic rings. The van der Waals surface area contributed by atoms with Gasteiger partial charge < -0.3 is 0 Å². The van der Waals surface area contributed by atoms with Gasteiger partial charge in [0.15, 0.2) is 0 Å². The average Bonchev–Trinajstić information content (AvgIpc) is 3.35. The summed E-state index contributed by atoms with van der Waals surface area (Å²) in [5.74, 6) is 4.50. The van der Waals surface area contributed by atoms with Crippen molar-refractivity contribution in [3.05, 3.63) is 47.6 Å². The molecule has 27 heavy (non-hydrogen) atoms. The Morgan fingerprint density at radius 2 is 2.04 bits per heavy atom. The van der Waals surface area contributed by atoms with Crippen LogP contribution in [0.25, 0.3) is 0 Å². The van der Waals surface area contributed by atoms with E-state index in [0.29, 0.717) is 10.8 Å². The molecule has 0 aromatic rings. The summed E-state index contributed by atoms with van der Waals surface area (Å²) in [5, 5.41) is 0. The molecule has 5 rings (SSSR count). The Morgan fingerprint density at radius 3 is 2.81 bits per heavy atom. The van der Waals surface area contributed by atoms with Gasteiger partial charge >= 0.3 is 0 Å². The molecule has 0 heterocycles. The van der Waals surface area contributed by atoms with Crippen LogP contribution in [0.3, 0.4) is 0 Å². The van der Waals surface area contributed by atoms with Crippen LogP contribution < -0.4 is 0 Å². The molecule has 0 amide bonds. The summed E-state index contributed by atoms with van der Waals surface area (Å²) in [6.45, 7) is 16.2. The molecule has 5 aliphatic carbocycles. The minimum atomic E-state index is 0.356. The van der Waals surface area contributed by atoms with E-state index in [-0.39, 0.29) is 0 Å². The van der Waals surface area contributed by atoms with Gasteiger partial charge in [-0.3, -0.25) is 0 Å². The van der Waals surface area contributed by atoms with Crippen LogP contribution in [0.4, 0.5) is 0 Å². The Labute approximate surface area is 166 Å². The minimum Gasteiger partial charge on any atom is -0.0999 e. The number of fused-ring (bicyclic) bond motifs is 8. The van der Waals surface area contributed by atoms with Gasteiger partial charge in [-0.2, -0.15) is 0 Å². The van der Waals surface area contributed by atoms with E-state index >= 15 is 0 Å². The Balaban J connectivity index is 1.48. The van der Waals surface area contributed by atoms with Gasteiger partial charge in [-0.15, -0.1) is 0 Å². The van der Waals surface area contributed by atoms with E-state index in [1.807, 2.05) is 5.57 Å². The predicted molar refractivity (Wildman–Crippen MR) is 115 cm³/mol. The second kappa shape index (κ2) is 5.98. The third-order valence-electron chi connectivity index (χ3n) is 9.58. The third-order valence-corrected chi connectivity index (χ3v) is 9.58. The highest BCUT2D eigenvalue weighted by molar-refractivity contribution is 5.48. The van der Waals surface area contributed by atoms with Crippen molar-refractivity contribution in [3.8, 4) is 0 Å². The van der Waals surface area contributed by atoms with Crippen LogP contribution in [0.5, 0.6) is 0 Å². The Bertz CT molecular complexity index is 748. The molecule has 0 aromatic heterocycles. The van der Waals surface area contributed by atoms with Crippen LogP contribution in [-0.4, -0.2) is 0 Å². The minimum absolute atomic E-state index is 0.356. The molecule has 0 bridgehead atoms. The molecule has 3 saturated carbocycles. The lowest BCUT2D eigenvalue weighted by molar-refractivity contribution is 0.0780. The van der Waals surface area contributed by atoms with Gasteiger partial charge in [-0.05, 0) is 86.4 Å². The van der Waals surface area contributed by atoms with Gasteiger partial charge in [0.1, 0.15) is 0 Å². The van der Waals surface area contributed by atoms with Crippen molar-refractivity contribution in [2.75, 3.05) is 0 Å². The Kier molecular flexibility index (Phi) is 3.99. The second-order valence-electron chi connectivity index (χ2n) is 11.1. The standard InChI is InChI=1S/C27H38/c1-6-7-17(2)14-19-8-9-22-25-21-16-20(21)24-15-18(3)10-12-27(24,5)23(25)11-13-26(19,22)4/h11,15,19-22,25H,2-3,6-10,12-14,16H2,1,4-5H3. The first-order valence-electron chi connectivity index (χ1n) is 11.7. The van der Waals surface area contributed by atoms with Crippen LogP contribution in [0.1, 0.15) is 78.6 Å². The highest BCUT2D eigenvalue weighted by Gasteiger charge is 2.64. The molecular formula is C27H38. The average molecular weight is 363 g/mol. The van der Waals surface area contributed by atoms with Crippen molar-refractivity contribution in [2.45, 2.75) is 78.6 Å². The van der Waals surface area contributed by atoms with E-state index in [0.717, 1.165) is 29.6 Å². The number of rotatable bonds is 4. The lowest BCUT2D eigenvalue weighted by Crippen LogP contribution is -2.45. The van der Waals surface area contributed by atoms with Crippen molar-refractivity contribution in [1.82, 2.24) is 0 Å².